The third kappa shape index (κ3) is 2.78. The smallest absolute Gasteiger partial charge is 0.282 e. The lowest BCUT2D eigenvalue weighted by molar-refractivity contribution is -0.140. The van der Waals surface area contributed by atoms with E-state index in [0.29, 0.717) is 17.8 Å². The SMILES string of the molecule is O=C1NC(=O)/C(=C\c2cccc(F)c2C(F)(F)F)S1. The van der Waals surface area contributed by atoms with E-state index in [1.54, 1.807) is 0 Å². The molecule has 0 radical (unpaired) electrons. The summed E-state index contributed by atoms with van der Waals surface area (Å²) in [5.41, 5.74) is -1.96. The van der Waals surface area contributed by atoms with Crippen LogP contribution in [0.2, 0.25) is 0 Å². The number of alkyl halides is 3. The third-order valence-corrected chi connectivity index (χ3v) is 3.07. The van der Waals surface area contributed by atoms with E-state index in [1.165, 1.54) is 0 Å². The molecule has 1 N–H and O–H groups in total. The number of benzene rings is 1. The van der Waals surface area contributed by atoms with Gasteiger partial charge in [0.05, 0.1) is 10.5 Å². The molecular formula is C11H5F4NO2S. The minimum atomic E-state index is -4.89. The van der Waals surface area contributed by atoms with Crippen molar-refractivity contribution >= 4 is 29.0 Å². The molecule has 1 aliphatic heterocycles. The fourth-order valence-electron chi connectivity index (χ4n) is 1.52. The predicted octanol–water partition coefficient (Wildman–Crippen LogP) is 3.17. The van der Waals surface area contributed by atoms with Crippen LogP contribution in [0.3, 0.4) is 0 Å². The highest BCUT2D eigenvalue weighted by Crippen LogP contribution is 2.36. The second-order valence-electron chi connectivity index (χ2n) is 3.55. The van der Waals surface area contributed by atoms with Crippen molar-refractivity contribution in [3.05, 3.63) is 40.0 Å². The maximum absolute atomic E-state index is 13.3. The fourth-order valence-corrected chi connectivity index (χ4v) is 2.20. The standard InChI is InChI=1S/C11H5F4NO2S/c12-6-3-1-2-5(8(6)11(13,14)15)4-7-9(17)16-10(18)19-7/h1-4H,(H,16,17,18)/b7-4+. The van der Waals surface area contributed by atoms with Crippen LogP contribution in [0.25, 0.3) is 6.08 Å². The lowest BCUT2D eigenvalue weighted by atomic mass is 10.1. The second-order valence-corrected chi connectivity index (χ2v) is 4.57. The Morgan fingerprint density at radius 3 is 2.42 bits per heavy atom. The molecule has 0 aromatic heterocycles. The number of carbonyl (C=O) groups is 2. The van der Waals surface area contributed by atoms with Gasteiger partial charge in [-0.25, -0.2) is 4.39 Å². The van der Waals surface area contributed by atoms with Gasteiger partial charge in [0.25, 0.3) is 11.1 Å². The first-order valence-electron chi connectivity index (χ1n) is 4.89. The van der Waals surface area contributed by atoms with Crippen molar-refractivity contribution in [1.29, 1.82) is 0 Å². The molecule has 0 bridgehead atoms. The van der Waals surface area contributed by atoms with Crippen LogP contribution >= 0.6 is 11.8 Å². The summed E-state index contributed by atoms with van der Waals surface area (Å²) in [6.45, 7) is 0. The quantitative estimate of drug-likeness (QED) is 0.638. The summed E-state index contributed by atoms with van der Waals surface area (Å²) in [5, 5.41) is 1.22. The van der Waals surface area contributed by atoms with Crippen LogP contribution in [0.15, 0.2) is 23.1 Å². The zero-order valence-corrected chi connectivity index (χ0v) is 9.86. The number of rotatable bonds is 1. The number of imide groups is 1. The minimum Gasteiger partial charge on any atom is -0.282 e. The Hall–Kier alpha value is -1.83. The molecule has 3 nitrogen and oxygen atoms in total. The van der Waals surface area contributed by atoms with Gasteiger partial charge < -0.3 is 0 Å². The van der Waals surface area contributed by atoms with E-state index in [0.717, 1.165) is 18.2 Å². The van der Waals surface area contributed by atoms with Gasteiger partial charge in [0.1, 0.15) is 5.82 Å². The first kappa shape index (κ1) is 13.6. The van der Waals surface area contributed by atoms with Crippen LogP contribution < -0.4 is 5.32 Å². The van der Waals surface area contributed by atoms with Crippen LogP contribution in [0.5, 0.6) is 0 Å². The molecule has 8 heteroatoms. The largest absolute Gasteiger partial charge is 0.419 e. The van der Waals surface area contributed by atoms with E-state index < -0.39 is 34.3 Å². The number of thioether (sulfide) groups is 1. The van der Waals surface area contributed by atoms with Gasteiger partial charge in [0.15, 0.2) is 0 Å². The molecule has 0 aliphatic carbocycles. The maximum atomic E-state index is 13.3. The Morgan fingerprint density at radius 1 is 1.21 bits per heavy atom. The average molecular weight is 291 g/mol. The normalized spacial score (nSPS) is 18.0. The molecule has 1 aromatic carbocycles. The summed E-state index contributed by atoms with van der Waals surface area (Å²) in [5.74, 6) is -2.23. The van der Waals surface area contributed by atoms with Crippen LogP contribution in [0, 0.1) is 5.82 Å². The van der Waals surface area contributed by atoms with Crippen LogP contribution in [0.4, 0.5) is 22.4 Å². The van der Waals surface area contributed by atoms with Gasteiger partial charge in [0.2, 0.25) is 0 Å². The minimum absolute atomic E-state index is 0.207. The Balaban J connectivity index is 2.53. The fraction of sp³-hybridized carbons (Fsp3) is 0.0909. The van der Waals surface area contributed by atoms with E-state index >= 15 is 0 Å². The van der Waals surface area contributed by atoms with Crippen molar-refractivity contribution in [2.24, 2.45) is 0 Å². The molecule has 1 heterocycles. The number of nitrogens with one attached hydrogen (secondary N) is 1. The summed E-state index contributed by atoms with van der Waals surface area (Å²) in [7, 11) is 0. The van der Waals surface area contributed by atoms with Crippen LogP contribution in [0.1, 0.15) is 11.1 Å². The molecular weight excluding hydrogens is 286 g/mol. The van der Waals surface area contributed by atoms with E-state index in [4.69, 9.17) is 0 Å². The molecule has 2 rings (SSSR count). The molecule has 0 spiro atoms. The van der Waals surface area contributed by atoms with E-state index in [-0.39, 0.29) is 4.91 Å². The molecule has 19 heavy (non-hydrogen) atoms. The summed E-state index contributed by atoms with van der Waals surface area (Å²) in [6.07, 6.45) is -4.04. The van der Waals surface area contributed by atoms with Gasteiger partial charge in [-0.2, -0.15) is 13.2 Å². The lowest BCUT2D eigenvalue weighted by Crippen LogP contribution is -2.18. The van der Waals surface area contributed by atoms with Gasteiger partial charge >= 0.3 is 6.18 Å². The van der Waals surface area contributed by atoms with Crippen molar-refractivity contribution in [2.75, 3.05) is 0 Å². The number of hydrogen-bond donors (Lipinski definition) is 1. The van der Waals surface area contributed by atoms with Gasteiger partial charge in [0, 0.05) is 0 Å². The highest BCUT2D eigenvalue weighted by molar-refractivity contribution is 8.18. The monoisotopic (exact) mass is 291 g/mol. The van der Waals surface area contributed by atoms with E-state index in [2.05, 4.69) is 0 Å². The molecule has 0 saturated carbocycles. The predicted molar refractivity (Wildman–Crippen MR) is 60.5 cm³/mol. The Bertz CT molecular complexity index is 595. The molecule has 1 aromatic rings. The average Bonchev–Trinajstić information content (AvgIpc) is 2.55. The molecule has 2 amide bonds. The van der Waals surface area contributed by atoms with Crippen molar-refractivity contribution in [2.45, 2.75) is 6.18 Å². The van der Waals surface area contributed by atoms with Crippen LogP contribution in [-0.4, -0.2) is 11.1 Å². The molecule has 1 aliphatic rings. The first-order valence-corrected chi connectivity index (χ1v) is 5.71. The molecule has 100 valence electrons. The number of hydrogen-bond acceptors (Lipinski definition) is 3. The summed E-state index contributed by atoms with van der Waals surface area (Å²) < 4.78 is 51.4. The molecule has 1 fully saturated rings. The van der Waals surface area contributed by atoms with Crippen molar-refractivity contribution < 1.29 is 27.2 Å². The number of carbonyl (C=O) groups excluding carboxylic acids is 2. The van der Waals surface area contributed by atoms with Crippen molar-refractivity contribution in [1.82, 2.24) is 5.32 Å². The van der Waals surface area contributed by atoms with Crippen molar-refractivity contribution in [3.8, 4) is 0 Å². The summed E-state index contributed by atoms with van der Waals surface area (Å²) in [4.78, 5) is 21.9. The van der Waals surface area contributed by atoms with Gasteiger partial charge in [-0.1, -0.05) is 12.1 Å². The zero-order valence-electron chi connectivity index (χ0n) is 9.05. The molecule has 0 atom stereocenters. The van der Waals surface area contributed by atoms with Gasteiger partial charge in [-0.05, 0) is 29.5 Å². The Morgan fingerprint density at radius 2 is 1.89 bits per heavy atom. The summed E-state index contributed by atoms with van der Waals surface area (Å²) >= 11 is 0.465. The zero-order chi connectivity index (χ0) is 14.2. The Kier molecular flexibility index (Phi) is 3.36. The van der Waals surface area contributed by atoms with Crippen molar-refractivity contribution in [3.63, 3.8) is 0 Å². The first-order chi connectivity index (χ1) is 8.79. The number of halogens is 4. The Labute approximate surface area is 108 Å². The maximum Gasteiger partial charge on any atom is 0.419 e. The van der Waals surface area contributed by atoms with Gasteiger partial charge in [-0.15, -0.1) is 0 Å². The molecule has 1 saturated heterocycles. The lowest BCUT2D eigenvalue weighted by Gasteiger charge is -2.11. The second kappa shape index (κ2) is 4.69. The highest BCUT2D eigenvalue weighted by Gasteiger charge is 2.37. The third-order valence-electron chi connectivity index (χ3n) is 2.26. The van der Waals surface area contributed by atoms with E-state index in [1.807, 2.05) is 5.32 Å². The van der Waals surface area contributed by atoms with Gasteiger partial charge in [-0.3, -0.25) is 14.9 Å². The number of amides is 2. The van der Waals surface area contributed by atoms with E-state index in [9.17, 15) is 27.2 Å². The van der Waals surface area contributed by atoms with Crippen LogP contribution in [-0.2, 0) is 11.0 Å². The molecule has 0 unspecified atom stereocenters. The highest BCUT2D eigenvalue weighted by atomic mass is 32.2. The topological polar surface area (TPSA) is 46.2 Å². The summed E-state index contributed by atoms with van der Waals surface area (Å²) in [6, 6.07) is 2.80.